The molecule has 0 aliphatic carbocycles. The first-order chi connectivity index (χ1) is 8.20. The van der Waals surface area contributed by atoms with Gasteiger partial charge in [-0.3, -0.25) is 4.79 Å². The fourth-order valence-corrected chi connectivity index (χ4v) is 1.83. The lowest BCUT2D eigenvalue weighted by atomic mass is 10.1. The van der Waals surface area contributed by atoms with Crippen molar-refractivity contribution in [3.63, 3.8) is 0 Å². The lowest BCUT2D eigenvalue weighted by molar-refractivity contribution is -0.119. The number of benzene rings is 1. The van der Waals surface area contributed by atoms with Crippen LogP contribution in [0.1, 0.15) is 12.0 Å². The molecule has 0 saturated carbocycles. The van der Waals surface area contributed by atoms with Gasteiger partial charge in [0.25, 0.3) is 0 Å². The van der Waals surface area contributed by atoms with Crippen molar-refractivity contribution in [2.75, 3.05) is 18.5 Å². The van der Waals surface area contributed by atoms with E-state index in [1.165, 1.54) is 0 Å². The highest BCUT2D eigenvalue weighted by Crippen LogP contribution is 2.24. The Morgan fingerprint density at radius 2 is 2.41 bits per heavy atom. The molecule has 1 saturated heterocycles. The molecule has 0 radical (unpaired) electrons. The quantitative estimate of drug-likeness (QED) is 0.875. The van der Waals surface area contributed by atoms with Crippen molar-refractivity contribution in [1.82, 2.24) is 0 Å². The van der Waals surface area contributed by atoms with Gasteiger partial charge in [-0.15, -0.1) is 0 Å². The Hall–Kier alpha value is -1.57. The van der Waals surface area contributed by atoms with Gasteiger partial charge >= 0.3 is 0 Å². The van der Waals surface area contributed by atoms with E-state index in [9.17, 15) is 4.79 Å². The van der Waals surface area contributed by atoms with Gasteiger partial charge < -0.3 is 10.1 Å². The number of halogens is 1. The van der Waals surface area contributed by atoms with Crippen LogP contribution < -0.4 is 5.32 Å². The summed E-state index contributed by atoms with van der Waals surface area (Å²) < 4.78 is 5.14. The number of carbonyl (C=O) groups excluding carboxylic acids is 1. The highest BCUT2D eigenvalue weighted by molar-refractivity contribution is 6.33. The fraction of sp³-hybridized carbons (Fsp3) is 0.333. The molecular formula is C12H11ClN2O2. The second kappa shape index (κ2) is 5.17. The zero-order chi connectivity index (χ0) is 12.3. The molecule has 1 aliphatic rings. The molecule has 0 spiro atoms. The lowest BCUT2D eigenvalue weighted by Gasteiger charge is -2.10. The van der Waals surface area contributed by atoms with E-state index >= 15 is 0 Å². The van der Waals surface area contributed by atoms with Crippen molar-refractivity contribution in [1.29, 1.82) is 5.26 Å². The first-order valence-electron chi connectivity index (χ1n) is 5.29. The summed E-state index contributed by atoms with van der Waals surface area (Å²) in [6.45, 7) is 1.06. The van der Waals surface area contributed by atoms with Crippen LogP contribution >= 0.6 is 11.6 Å². The summed E-state index contributed by atoms with van der Waals surface area (Å²) in [6, 6.07) is 6.77. The van der Waals surface area contributed by atoms with E-state index in [0.717, 1.165) is 6.42 Å². The SMILES string of the molecule is N#Cc1ccc(Cl)c(NC(=O)C2CCOC2)c1. The van der Waals surface area contributed by atoms with Gasteiger partial charge in [0.05, 0.1) is 34.9 Å². The van der Waals surface area contributed by atoms with Crippen LogP contribution in [0.15, 0.2) is 18.2 Å². The minimum absolute atomic E-state index is 0.112. The van der Waals surface area contributed by atoms with E-state index in [4.69, 9.17) is 21.6 Å². The molecule has 1 aliphatic heterocycles. The average Bonchev–Trinajstić information content (AvgIpc) is 2.85. The lowest BCUT2D eigenvalue weighted by Crippen LogP contribution is -2.23. The molecule has 1 fully saturated rings. The predicted molar refractivity (Wildman–Crippen MR) is 63.7 cm³/mol. The van der Waals surface area contributed by atoms with Crippen LogP contribution in [0.3, 0.4) is 0 Å². The largest absolute Gasteiger partial charge is 0.381 e. The van der Waals surface area contributed by atoms with E-state index in [-0.39, 0.29) is 11.8 Å². The van der Waals surface area contributed by atoms with E-state index in [1.807, 2.05) is 6.07 Å². The molecule has 0 aromatic heterocycles. The fourth-order valence-electron chi connectivity index (χ4n) is 1.67. The summed E-state index contributed by atoms with van der Waals surface area (Å²) in [7, 11) is 0. The van der Waals surface area contributed by atoms with Crippen LogP contribution in [0.5, 0.6) is 0 Å². The Morgan fingerprint density at radius 1 is 1.59 bits per heavy atom. The second-order valence-electron chi connectivity index (χ2n) is 3.86. The van der Waals surface area contributed by atoms with Crippen LogP contribution in [-0.2, 0) is 9.53 Å². The highest BCUT2D eigenvalue weighted by atomic mass is 35.5. The summed E-state index contributed by atoms with van der Waals surface area (Å²) in [5.41, 5.74) is 0.940. The van der Waals surface area contributed by atoms with Crippen molar-refractivity contribution < 1.29 is 9.53 Å². The maximum Gasteiger partial charge on any atom is 0.229 e. The molecule has 5 heteroatoms. The second-order valence-corrected chi connectivity index (χ2v) is 4.26. The number of carbonyl (C=O) groups is 1. The number of nitrogens with one attached hydrogen (secondary N) is 1. The van der Waals surface area contributed by atoms with Crippen LogP contribution in [-0.4, -0.2) is 19.1 Å². The zero-order valence-corrected chi connectivity index (χ0v) is 9.83. The number of rotatable bonds is 2. The van der Waals surface area contributed by atoms with Crippen LogP contribution in [0.4, 0.5) is 5.69 Å². The minimum Gasteiger partial charge on any atom is -0.381 e. The van der Waals surface area contributed by atoms with Crippen LogP contribution in [0.25, 0.3) is 0 Å². The predicted octanol–water partition coefficient (Wildman–Crippen LogP) is 2.19. The normalized spacial score (nSPS) is 18.7. The van der Waals surface area contributed by atoms with Gasteiger partial charge in [-0.1, -0.05) is 11.6 Å². The van der Waals surface area contributed by atoms with E-state index in [2.05, 4.69) is 5.32 Å². The maximum absolute atomic E-state index is 11.8. The molecule has 1 heterocycles. The van der Waals surface area contributed by atoms with E-state index in [0.29, 0.717) is 29.5 Å². The summed E-state index contributed by atoms with van der Waals surface area (Å²) in [6.07, 6.45) is 0.724. The average molecular weight is 251 g/mol. The van der Waals surface area contributed by atoms with Gasteiger partial charge in [-0.25, -0.2) is 0 Å². The zero-order valence-electron chi connectivity index (χ0n) is 9.07. The smallest absolute Gasteiger partial charge is 0.229 e. The van der Waals surface area contributed by atoms with Gasteiger partial charge in [0, 0.05) is 6.61 Å². The third-order valence-corrected chi connectivity index (χ3v) is 2.98. The van der Waals surface area contributed by atoms with E-state index < -0.39 is 0 Å². The number of ether oxygens (including phenoxy) is 1. The Labute approximate surface area is 104 Å². The minimum atomic E-state index is -0.128. The standard InChI is InChI=1S/C12H11ClN2O2/c13-10-2-1-8(6-14)5-11(10)15-12(16)9-3-4-17-7-9/h1-2,5,9H,3-4,7H2,(H,15,16). The first kappa shape index (κ1) is 11.9. The van der Waals surface area contributed by atoms with Gasteiger partial charge in [0.1, 0.15) is 0 Å². The number of nitrogens with zero attached hydrogens (tertiary/aromatic N) is 1. The summed E-state index contributed by atoms with van der Waals surface area (Å²) in [4.78, 5) is 11.8. The molecule has 1 unspecified atom stereocenters. The van der Waals surface area contributed by atoms with Crippen molar-refractivity contribution in [2.24, 2.45) is 5.92 Å². The topological polar surface area (TPSA) is 62.1 Å². The molecular weight excluding hydrogens is 240 g/mol. The molecule has 1 amide bonds. The van der Waals surface area contributed by atoms with Crippen molar-refractivity contribution in [3.05, 3.63) is 28.8 Å². The van der Waals surface area contributed by atoms with Crippen molar-refractivity contribution in [2.45, 2.75) is 6.42 Å². The Morgan fingerprint density at radius 3 is 3.06 bits per heavy atom. The number of amides is 1. The molecule has 1 aromatic carbocycles. The molecule has 2 rings (SSSR count). The number of hydrogen-bond donors (Lipinski definition) is 1. The number of anilines is 1. The molecule has 4 nitrogen and oxygen atoms in total. The monoisotopic (exact) mass is 250 g/mol. The Kier molecular flexibility index (Phi) is 3.62. The van der Waals surface area contributed by atoms with Crippen molar-refractivity contribution >= 4 is 23.2 Å². The molecule has 88 valence electrons. The summed E-state index contributed by atoms with van der Waals surface area (Å²) >= 11 is 5.95. The maximum atomic E-state index is 11.8. The van der Waals surface area contributed by atoms with Gasteiger partial charge in [-0.05, 0) is 24.6 Å². The first-order valence-corrected chi connectivity index (χ1v) is 5.67. The van der Waals surface area contributed by atoms with Crippen molar-refractivity contribution in [3.8, 4) is 6.07 Å². The summed E-state index contributed by atoms with van der Waals surface area (Å²) in [5.74, 6) is -0.240. The summed E-state index contributed by atoms with van der Waals surface area (Å²) in [5, 5.41) is 11.9. The van der Waals surface area contributed by atoms with Gasteiger partial charge in [-0.2, -0.15) is 5.26 Å². The molecule has 1 N–H and O–H groups in total. The molecule has 1 atom stereocenters. The van der Waals surface area contributed by atoms with Gasteiger partial charge in [0.2, 0.25) is 5.91 Å². The molecule has 17 heavy (non-hydrogen) atoms. The number of hydrogen-bond acceptors (Lipinski definition) is 3. The highest BCUT2D eigenvalue weighted by Gasteiger charge is 2.23. The van der Waals surface area contributed by atoms with Crippen LogP contribution in [0, 0.1) is 17.2 Å². The third kappa shape index (κ3) is 2.76. The van der Waals surface area contributed by atoms with E-state index in [1.54, 1.807) is 18.2 Å². The van der Waals surface area contributed by atoms with Crippen LogP contribution in [0.2, 0.25) is 5.02 Å². The molecule has 0 bridgehead atoms. The number of nitriles is 1. The Bertz CT molecular complexity index is 476. The Balaban J connectivity index is 2.12. The van der Waals surface area contributed by atoms with Gasteiger partial charge in [0.15, 0.2) is 0 Å². The molecule has 1 aromatic rings. The third-order valence-electron chi connectivity index (χ3n) is 2.65.